The van der Waals surface area contributed by atoms with Gasteiger partial charge in [0.05, 0.1) is 6.21 Å². The summed E-state index contributed by atoms with van der Waals surface area (Å²) in [5.41, 5.74) is 7.18. The molecular weight excluding hydrogens is 338 g/mol. The Morgan fingerprint density at radius 1 is 1.11 bits per heavy atom. The minimum atomic E-state index is -0.135. The van der Waals surface area contributed by atoms with Crippen molar-refractivity contribution in [3.8, 4) is 5.75 Å². The molecule has 0 saturated carbocycles. The lowest BCUT2D eigenvalue weighted by atomic mass is 9.95. The van der Waals surface area contributed by atoms with E-state index < -0.39 is 0 Å². The fourth-order valence-electron chi connectivity index (χ4n) is 3.88. The molecule has 1 aliphatic carbocycles. The Bertz CT molecular complexity index is 1000. The number of amides is 1. The number of nitrogens with one attached hydrogen (secondary N) is 1. The molecule has 0 radical (unpaired) electrons. The first-order chi connectivity index (χ1) is 13.2. The van der Waals surface area contributed by atoms with Crippen molar-refractivity contribution >= 4 is 23.0 Å². The molecule has 1 aliphatic rings. The molecule has 5 heteroatoms. The number of carbonyl (C=O) groups is 1. The maximum atomic E-state index is 12.2. The van der Waals surface area contributed by atoms with Gasteiger partial charge in [-0.2, -0.15) is 5.10 Å². The lowest BCUT2D eigenvalue weighted by molar-refractivity contribution is -0.121. The highest BCUT2D eigenvalue weighted by molar-refractivity contribution is 5.87. The second kappa shape index (κ2) is 7.66. The molecule has 138 valence electrons. The first-order valence-corrected chi connectivity index (χ1v) is 9.43. The molecule has 1 heterocycles. The van der Waals surface area contributed by atoms with Crippen molar-refractivity contribution in [3.05, 3.63) is 65.4 Å². The summed E-state index contributed by atoms with van der Waals surface area (Å²) < 4.78 is 2.30. The number of phenolic OH excluding ortho intramolecular Hbond substituents is 1. The standard InChI is InChI=1S/C22H23N3O2/c26-21-12-6-1-7-16(21)15-23-24-22(27)13-14-25-19-10-4-2-8-17(19)18-9-3-5-11-20(18)25/h1-2,4,6-8,10,12,15,26H,3,5,9,11,13-14H2,(H,24,27). The molecule has 0 bridgehead atoms. The summed E-state index contributed by atoms with van der Waals surface area (Å²) in [5, 5.41) is 15.0. The highest BCUT2D eigenvalue weighted by atomic mass is 16.3. The van der Waals surface area contributed by atoms with E-state index in [1.807, 2.05) is 6.07 Å². The van der Waals surface area contributed by atoms with Crippen LogP contribution in [0.15, 0.2) is 53.6 Å². The Morgan fingerprint density at radius 2 is 1.89 bits per heavy atom. The van der Waals surface area contributed by atoms with Gasteiger partial charge in [-0.1, -0.05) is 30.3 Å². The fourth-order valence-corrected chi connectivity index (χ4v) is 3.88. The SMILES string of the molecule is O=C(CCn1c2c(c3ccccc31)CCCC2)NN=Cc1ccccc1O. The summed E-state index contributed by atoms with van der Waals surface area (Å²) in [6.45, 7) is 0.647. The van der Waals surface area contributed by atoms with Crippen molar-refractivity contribution in [2.75, 3.05) is 0 Å². The van der Waals surface area contributed by atoms with Gasteiger partial charge in [0.15, 0.2) is 0 Å². The number of nitrogens with zero attached hydrogens (tertiary/aromatic N) is 2. The van der Waals surface area contributed by atoms with Gasteiger partial charge in [-0.15, -0.1) is 0 Å². The number of hydrogen-bond acceptors (Lipinski definition) is 3. The van der Waals surface area contributed by atoms with E-state index in [0.29, 0.717) is 18.5 Å². The van der Waals surface area contributed by atoms with Gasteiger partial charge in [0.2, 0.25) is 5.91 Å². The average molecular weight is 361 g/mol. The monoisotopic (exact) mass is 361 g/mol. The van der Waals surface area contributed by atoms with Crippen molar-refractivity contribution in [1.82, 2.24) is 9.99 Å². The molecule has 1 aromatic heterocycles. The van der Waals surface area contributed by atoms with Crippen LogP contribution in [0.5, 0.6) is 5.75 Å². The summed E-state index contributed by atoms with van der Waals surface area (Å²) >= 11 is 0. The normalized spacial score (nSPS) is 13.8. The number of aryl methyl sites for hydroxylation is 2. The number of benzene rings is 2. The van der Waals surface area contributed by atoms with Crippen molar-refractivity contribution < 1.29 is 9.90 Å². The molecule has 0 aliphatic heterocycles. The van der Waals surface area contributed by atoms with Crippen LogP contribution in [0, 0.1) is 0 Å². The van der Waals surface area contributed by atoms with Crippen LogP contribution in [-0.2, 0) is 24.2 Å². The Morgan fingerprint density at radius 3 is 2.78 bits per heavy atom. The number of aromatic nitrogens is 1. The Kier molecular flexibility index (Phi) is 4.92. The Hall–Kier alpha value is -3.08. The molecule has 2 aromatic carbocycles. The number of hydrazone groups is 1. The molecule has 4 rings (SSSR count). The Balaban J connectivity index is 1.44. The van der Waals surface area contributed by atoms with Gasteiger partial charge in [0, 0.05) is 35.1 Å². The number of hydrogen-bond donors (Lipinski definition) is 2. The van der Waals surface area contributed by atoms with E-state index in [1.165, 1.54) is 41.2 Å². The number of phenols is 1. The first-order valence-electron chi connectivity index (χ1n) is 9.43. The molecule has 2 N–H and O–H groups in total. The van der Waals surface area contributed by atoms with E-state index >= 15 is 0 Å². The lowest BCUT2D eigenvalue weighted by Crippen LogP contribution is -2.20. The van der Waals surface area contributed by atoms with Crippen LogP contribution in [0.2, 0.25) is 0 Å². The minimum absolute atomic E-state index is 0.135. The molecular formula is C22H23N3O2. The predicted octanol–water partition coefficient (Wildman–Crippen LogP) is 3.77. The number of aromatic hydroxyl groups is 1. The second-order valence-corrected chi connectivity index (χ2v) is 6.90. The smallest absolute Gasteiger partial charge is 0.241 e. The van der Waals surface area contributed by atoms with Crippen LogP contribution in [0.4, 0.5) is 0 Å². The van der Waals surface area contributed by atoms with Gasteiger partial charge in [-0.3, -0.25) is 4.79 Å². The zero-order valence-corrected chi connectivity index (χ0v) is 15.2. The summed E-state index contributed by atoms with van der Waals surface area (Å²) in [6.07, 6.45) is 6.48. The maximum absolute atomic E-state index is 12.2. The van der Waals surface area contributed by atoms with Gasteiger partial charge in [-0.25, -0.2) is 5.43 Å². The largest absolute Gasteiger partial charge is 0.507 e. The van der Waals surface area contributed by atoms with E-state index in [0.717, 1.165) is 12.8 Å². The highest BCUT2D eigenvalue weighted by Crippen LogP contribution is 2.32. The summed E-state index contributed by atoms with van der Waals surface area (Å²) in [7, 11) is 0. The van der Waals surface area contributed by atoms with E-state index in [2.05, 4.69) is 39.4 Å². The predicted molar refractivity (Wildman–Crippen MR) is 107 cm³/mol. The average Bonchev–Trinajstić information content (AvgIpc) is 3.02. The molecule has 0 unspecified atom stereocenters. The third kappa shape index (κ3) is 3.58. The first kappa shape index (κ1) is 17.3. The van der Waals surface area contributed by atoms with Crippen molar-refractivity contribution in [1.29, 1.82) is 0 Å². The van der Waals surface area contributed by atoms with Crippen molar-refractivity contribution in [2.24, 2.45) is 5.10 Å². The quantitative estimate of drug-likeness (QED) is 0.537. The third-order valence-corrected chi connectivity index (χ3v) is 5.18. The highest BCUT2D eigenvalue weighted by Gasteiger charge is 2.19. The lowest BCUT2D eigenvalue weighted by Gasteiger charge is -2.15. The number of carbonyl (C=O) groups excluding carboxylic acids is 1. The van der Waals surface area contributed by atoms with Crippen molar-refractivity contribution in [2.45, 2.75) is 38.6 Å². The van der Waals surface area contributed by atoms with Crippen LogP contribution in [0.25, 0.3) is 10.9 Å². The molecule has 0 atom stereocenters. The zero-order valence-electron chi connectivity index (χ0n) is 15.2. The van der Waals surface area contributed by atoms with Gasteiger partial charge in [0.25, 0.3) is 0 Å². The minimum Gasteiger partial charge on any atom is -0.507 e. The topological polar surface area (TPSA) is 66.6 Å². The van der Waals surface area contributed by atoms with E-state index in [-0.39, 0.29) is 11.7 Å². The molecule has 27 heavy (non-hydrogen) atoms. The summed E-state index contributed by atoms with van der Waals surface area (Å²) in [6, 6.07) is 15.3. The van der Waals surface area contributed by atoms with Gasteiger partial charge >= 0.3 is 0 Å². The van der Waals surface area contributed by atoms with Crippen LogP contribution < -0.4 is 5.43 Å². The molecule has 3 aromatic rings. The van der Waals surface area contributed by atoms with Crippen LogP contribution in [0.1, 0.15) is 36.1 Å². The van der Waals surface area contributed by atoms with Crippen molar-refractivity contribution in [3.63, 3.8) is 0 Å². The number of para-hydroxylation sites is 2. The van der Waals surface area contributed by atoms with Crippen LogP contribution >= 0.6 is 0 Å². The molecule has 5 nitrogen and oxygen atoms in total. The van der Waals surface area contributed by atoms with Gasteiger partial charge in [-0.05, 0) is 49.4 Å². The van der Waals surface area contributed by atoms with Crippen LogP contribution in [-0.4, -0.2) is 21.8 Å². The van der Waals surface area contributed by atoms with Crippen LogP contribution in [0.3, 0.4) is 0 Å². The maximum Gasteiger partial charge on any atom is 0.241 e. The molecule has 0 fully saturated rings. The van der Waals surface area contributed by atoms with E-state index in [4.69, 9.17) is 0 Å². The van der Waals surface area contributed by atoms with Gasteiger partial charge in [0.1, 0.15) is 5.75 Å². The van der Waals surface area contributed by atoms with E-state index in [9.17, 15) is 9.90 Å². The molecule has 0 saturated heterocycles. The number of rotatable bonds is 5. The van der Waals surface area contributed by atoms with E-state index in [1.54, 1.807) is 18.2 Å². The molecule has 1 amide bonds. The third-order valence-electron chi connectivity index (χ3n) is 5.18. The Labute approximate surface area is 158 Å². The second-order valence-electron chi connectivity index (χ2n) is 6.90. The summed E-state index contributed by atoms with van der Waals surface area (Å²) in [4.78, 5) is 12.2. The fraction of sp³-hybridized carbons (Fsp3) is 0.273. The number of fused-ring (bicyclic) bond motifs is 3. The molecule has 0 spiro atoms. The zero-order chi connectivity index (χ0) is 18.6. The summed E-state index contributed by atoms with van der Waals surface area (Å²) in [5.74, 6) is 0.00458. The van der Waals surface area contributed by atoms with Gasteiger partial charge < -0.3 is 9.67 Å².